The Hall–Kier alpha value is -0.0400. The van der Waals surface area contributed by atoms with E-state index in [0.717, 1.165) is 33.9 Å². The fraction of sp³-hybridized carbons (Fsp3) is 0.182. The molecule has 0 saturated carbocycles. The van der Waals surface area contributed by atoms with Gasteiger partial charge in [-0.1, -0.05) is 29.3 Å². The van der Waals surface area contributed by atoms with Crippen molar-refractivity contribution in [2.24, 2.45) is 4.99 Å². The molecule has 1 aromatic heterocycles. The van der Waals surface area contributed by atoms with E-state index in [9.17, 15) is 0 Å². The predicted octanol–water partition coefficient (Wildman–Crippen LogP) is 4.18. The number of nitrogens with one attached hydrogen (secondary N) is 1. The number of hydrogen-bond donors (Lipinski definition) is 1. The first-order chi connectivity index (χ1) is 7.77. The number of thiophene rings is 1. The van der Waals surface area contributed by atoms with E-state index in [1.54, 1.807) is 11.3 Å². The maximum absolute atomic E-state index is 6.35. The summed E-state index contributed by atoms with van der Waals surface area (Å²) in [6, 6.07) is 5.82. The molecule has 0 fully saturated rings. The van der Waals surface area contributed by atoms with Gasteiger partial charge < -0.3 is 5.32 Å². The monoisotopic (exact) mass is 398 g/mol. The Kier molecular flexibility index (Phi) is 4.18. The predicted molar refractivity (Wildman–Crippen MR) is 86.7 cm³/mol. The van der Waals surface area contributed by atoms with E-state index in [4.69, 9.17) is 23.2 Å². The highest BCUT2D eigenvalue weighted by Crippen LogP contribution is 2.39. The molecule has 1 N–H and O–H groups in total. The summed E-state index contributed by atoms with van der Waals surface area (Å²) in [6.07, 6.45) is 0. The van der Waals surface area contributed by atoms with Gasteiger partial charge in [-0.2, -0.15) is 0 Å². The van der Waals surface area contributed by atoms with Crippen molar-refractivity contribution in [1.82, 2.24) is 5.32 Å². The van der Waals surface area contributed by atoms with Crippen LogP contribution in [0.4, 0.5) is 0 Å². The first-order valence-corrected chi connectivity index (χ1v) is 6.50. The maximum Gasteiger partial charge on any atom is 0.140 e. The Labute approximate surface area is 130 Å². The quantitative estimate of drug-likeness (QED) is 0.716. The summed E-state index contributed by atoms with van der Waals surface area (Å²) in [5, 5.41) is 5.56. The summed E-state index contributed by atoms with van der Waals surface area (Å²) in [6.45, 7) is 1.70. The molecule has 1 aliphatic heterocycles. The van der Waals surface area contributed by atoms with Gasteiger partial charge in [0.15, 0.2) is 0 Å². The molecule has 6 heteroatoms. The molecular formula is C11H9Cl2IN2S. The van der Waals surface area contributed by atoms with Crippen LogP contribution in [0, 0.1) is 0 Å². The molecular weight excluding hydrogens is 390 g/mol. The minimum atomic E-state index is 0. The fourth-order valence-corrected chi connectivity index (χ4v) is 3.72. The molecule has 90 valence electrons. The first-order valence-electron chi connectivity index (χ1n) is 4.92. The second-order valence-corrected chi connectivity index (χ2v) is 5.35. The third-order valence-electron chi connectivity index (χ3n) is 2.50. The normalized spacial score (nSPS) is 14.4. The number of halogens is 3. The third kappa shape index (κ3) is 2.28. The number of rotatable bonds is 1. The molecule has 1 aromatic carbocycles. The lowest BCUT2D eigenvalue weighted by atomic mass is 10.2. The van der Waals surface area contributed by atoms with Crippen LogP contribution >= 0.6 is 58.5 Å². The second kappa shape index (κ2) is 5.30. The topological polar surface area (TPSA) is 24.4 Å². The molecule has 17 heavy (non-hydrogen) atoms. The zero-order valence-electron chi connectivity index (χ0n) is 8.67. The van der Waals surface area contributed by atoms with Crippen LogP contribution in [0.3, 0.4) is 0 Å². The lowest BCUT2D eigenvalue weighted by Crippen LogP contribution is -2.18. The Morgan fingerprint density at radius 3 is 2.76 bits per heavy atom. The summed E-state index contributed by atoms with van der Waals surface area (Å²) in [5.41, 5.74) is 0. The second-order valence-electron chi connectivity index (χ2n) is 3.52. The largest absolute Gasteiger partial charge is 0.367 e. The molecule has 2 aromatic rings. The lowest BCUT2D eigenvalue weighted by molar-refractivity contribution is 0.960. The summed E-state index contributed by atoms with van der Waals surface area (Å²) in [5.74, 6) is 0.891. The zero-order chi connectivity index (χ0) is 11.1. The van der Waals surface area contributed by atoms with Crippen molar-refractivity contribution in [3.05, 3.63) is 33.1 Å². The Balaban J connectivity index is 0.00000108. The van der Waals surface area contributed by atoms with E-state index in [1.807, 2.05) is 18.2 Å². The molecule has 2 nitrogen and oxygen atoms in total. The molecule has 0 radical (unpaired) electrons. The number of hydrogen-bond acceptors (Lipinski definition) is 3. The third-order valence-corrected chi connectivity index (χ3v) is 4.46. The molecule has 2 heterocycles. The molecule has 0 saturated heterocycles. The molecule has 0 amide bonds. The molecule has 0 atom stereocenters. The summed E-state index contributed by atoms with van der Waals surface area (Å²) < 4.78 is 1.10. The number of aliphatic imine (C=N–C) groups is 1. The summed E-state index contributed by atoms with van der Waals surface area (Å²) in [4.78, 5) is 5.37. The molecule has 1 aliphatic rings. The smallest absolute Gasteiger partial charge is 0.140 e. The van der Waals surface area contributed by atoms with Crippen molar-refractivity contribution in [2.45, 2.75) is 0 Å². The van der Waals surface area contributed by atoms with Crippen LogP contribution in [-0.4, -0.2) is 18.9 Å². The van der Waals surface area contributed by atoms with Gasteiger partial charge in [-0.15, -0.1) is 35.3 Å². The standard InChI is InChI=1S/C11H8Cl2N2S.HI/c12-6-2-1-3-7-8(6)9(13)10(16-7)11-14-4-5-15-11;/h1-3H,4-5H2,(H,14,15);1H. The number of fused-ring (bicyclic) bond motifs is 1. The highest BCUT2D eigenvalue weighted by molar-refractivity contribution is 14.0. The Morgan fingerprint density at radius 1 is 1.29 bits per heavy atom. The zero-order valence-corrected chi connectivity index (χ0v) is 13.3. The highest BCUT2D eigenvalue weighted by Gasteiger charge is 2.18. The minimum absolute atomic E-state index is 0. The van der Waals surface area contributed by atoms with Crippen molar-refractivity contribution >= 4 is 74.4 Å². The van der Waals surface area contributed by atoms with Crippen LogP contribution in [0.15, 0.2) is 23.2 Å². The van der Waals surface area contributed by atoms with Crippen LogP contribution in [0.2, 0.25) is 10.0 Å². The average Bonchev–Trinajstić information content (AvgIpc) is 2.86. The maximum atomic E-state index is 6.35. The molecule has 0 aliphatic carbocycles. The van der Waals surface area contributed by atoms with Crippen molar-refractivity contribution in [3.63, 3.8) is 0 Å². The fourth-order valence-electron chi connectivity index (χ4n) is 1.77. The van der Waals surface area contributed by atoms with E-state index in [1.165, 1.54) is 0 Å². The van der Waals surface area contributed by atoms with Crippen LogP contribution < -0.4 is 5.32 Å². The summed E-state index contributed by atoms with van der Waals surface area (Å²) >= 11 is 14.1. The van der Waals surface area contributed by atoms with Gasteiger partial charge in [-0.3, -0.25) is 4.99 Å². The molecule has 0 unspecified atom stereocenters. The highest BCUT2D eigenvalue weighted by atomic mass is 127. The van der Waals surface area contributed by atoms with Crippen molar-refractivity contribution < 1.29 is 0 Å². The average molecular weight is 399 g/mol. The van der Waals surface area contributed by atoms with Gasteiger partial charge in [-0.25, -0.2) is 0 Å². The van der Waals surface area contributed by atoms with Crippen LogP contribution in [0.1, 0.15) is 4.88 Å². The minimum Gasteiger partial charge on any atom is -0.367 e. The van der Waals surface area contributed by atoms with E-state index in [0.29, 0.717) is 10.0 Å². The van der Waals surface area contributed by atoms with Crippen LogP contribution in [0.5, 0.6) is 0 Å². The summed E-state index contributed by atoms with van der Waals surface area (Å²) in [7, 11) is 0. The van der Waals surface area contributed by atoms with Crippen molar-refractivity contribution in [2.75, 3.05) is 13.1 Å². The molecule has 0 spiro atoms. The van der Waals surface area contributed by atoms with E-state index in [2.05, 4.69) is 10.3 Å². The lowest BCUT2D eigenvalue weighted by Gasteiger charge is -1.98. The van der Waals surface area contributed by atoms with Gasteiger partial charge >= 0.3 is 0 Å². The van der Waals surface area contributed by atoms with E-state index in [-0.39, 0.29) is 24.0 Å². The first kappa shape index (κ1) is 13.4. The molecule has 3 rings (SSSR count). The van der Waals surface area contributed by atoms with Crippen LogP contribution in [-0.2, 0) is 0 Å². The van der Waals surface area contributed by atoms with Gasteiger partial charge in [0.2, 0.25) is 0 Å². The number of nitrogens with zero attached hydrogens (tertiary/aromatic N) is 1. The number of benzene rings is 1. The van der Waals surface area contributed by atoms with Crippen molar-refractivity contribution in [1.29, 1.82) is 0 Å². The van der Waals surface area contributed by atoms with Gasteiger partial charge in [0.05, 0.1) is 21.5 Å². The van der Waals surface area contributed by atoms with E-state index >= 15 is 0 Å². The van der Waals surface area contributed by atoms with Gasteiger partial charge in [0, 0.05) is 16.6 Å². The number of amidine groups is 1. The Bertz CT molecular complexity index is 594. The van der Waals surface area contributed by atoms with Gasteiger partial charge in [0.1, 0.15) is 5.84 Å². The van der Waals surface area contributed by atoms with Crippen molar-refractivity contribution in [3.8, 4) is 0 Å². The van der Waals surface area contributed by atoms with Gasteiger partial charge in [0.25, 0.3) is 0 Å². The SMILES string of the molecule is Clc1cccc2sc(C3=NCCN3)c(Cl)c12.I. The van der Waals surface area contributed by atoms with Gasteiger partial charge in [-0.05, 0) is 12.1 Å². The van der Waals surface area contributed by atoms with Crippen LogP contribution in [0.25, 0.3) is 10.1 Å². The Morgan fingerprint density at radius 2 is 2.12 bits per heavy atom. The molecule has 0 bridgehead atoms. The van der Waals surface area contributed by atoms with E-state index < -0.39 is 0 Å².